The highest BCUT2D eigenvalue weighted by Gasteiger charge is 2.20. The molecule has 0 spiro atoms. The van der Waals surface area contributed by atoms with E-state index in [0.717, 1.165) is 52.3 Å². The van der Waals surface area contributed by atoms with E-state index in [-0.39, 0.29) is 0 Å². The second-order valence-corrected chi connectivity index (χ2v) is 7.16. The van der Waals surface area contributed by atoms with Gasteiger partial charge in [0.15, 0.2) is 5.65 Å². The summed E-state index contributed by atoms with van der Waals surface area (Å²) in [5.74, 6) is 1.95. The molecule has 4 rings (SSSR count). The minimum absolute atomic E-state index is 0.738. The van der Waals surface area contributed by atoms with Crippen LogP contribution < -0.4 is 4.90 Å². The van der Waals surface area contributed by atoms with Crippen LogP contribution in [0.4, 0.5) is 5.82 Å². The van der Waals surface area contributed by atoms with Crippen LogP contribution in [0.25, 0.3) is 16.8 Å². The average molecular weight is 341 g/mol. The number of piperidine rings is 1. The van der Waals surface area contributed by atoms with Crippen LogP contribution in [0.1, 0.15) is 25.5 Å². The van der Waals surface area contributed by atoms with Crippen LogP contribution in [0, 0.1) is 12.8 Å². The number of halogens is 1. The molecule has 0 atom stereocenters. The van der Waals surface area contributed by atoms with Crippen molar-refractivity contribution in [3.05, 3.63) is 47.2 Å². The highest BCUT2D eigenvalue weighted by atomic mass is 35.5. The summed E-state index contributed by atoms with van der Waals surface area (Å²) in [5.41, 5.74) is 4.06. The van der Waals surface area contributed by atoms with Crippen molar-refractivity contribution in [3.8, 4) is 11.1 Å². The van der Waals surface area contributed by atoms with Gasteiger partial charge in [-0.2, -0.15) is 9.61 Å². The van der Waals surface area contributed by atoms with Crippen molar-refractivity contribution in [2.75, 3.05) is 18.0 Å². The summed E-state index contributed by atoms with van der Waals surface area (Å²) in [6.07, 6.45) is 4.36. The lowest BCUT2D eigenvalue weighted by molar-refractivity contribution is 0.435. The predicted octanol–water partition coefficient (Wildman–Crippen LogP) is 4.59. The second kappa shape index (κ2) is 6.10. The van der Waals surface area contributed by atoms with Crippen molar-refractivity contribution in [1.29, 1.82) is 0 Å². The van der Waals surface area contributed by atoms with E-state index < -0.39 is 0 Å². The maximum atomic E-state index is 6.01. The summed E-state index contributed by atoms with van der Waals surface area (Å²) in [5, 5.41) is 5.37. The number of hydrogen-bond acceptors (Lipinski definition) is 3. The van der Waals surface area contributed by atoms with Crippen LogP contribution >= 0.6 is 11.6 Å². The number of fused-ring (bicyclic) bond motifs is 1. The SMILES string of the molecule is Cc1cc(N2CCC(C)CC2)n2ncc(-c3ccc(Cl)cc3)c2n1. The van der Waals surface area contributed by atoms with Crippen molar-refractivity contribution < 1.29 is 0 Å². The Morgan fingerprint density at radius 2 is 1.83 bits per heavy atom. The Bertz CT molecular complexity index is 861. The van der Waals surface area contributed by atoms with Crippen LogP contribution in [0.15, 0.2) is 36.5 Å². The van der Waals surface area contributed by atoms with Gasteiger partial charge in [0, 0.05) is 35.4 Å². The fourth-order valence-corrected chi connectivity index (χ4v) is 3.49. The van der Waals surface area contributed by atoms with E-state index in [4.69, 9.17) is 16.6 Å². The molecular formula is C19H21ClN4. The quantitative estimate of drug-likeness (QED) is 0.684. The third-order valence-corrected chi connectivity index (χ3v) is 5.10. The van der Waals surface area contributed by atoms with Crippen molar-refractivity contribution in [2.45, 2.75) is 26.7 Å². The number of aromatic nitrogens is 3. The zero-order chi connectivity index (χ0) is 16.7. The largest absolute Gasteiger partial charge is 0.356 e. The van der Waals surface area contributed by atoms with Gasteiger partial charge in [-0.3, -0.25) is 0 Å². The lowest BCUT2D eigenvalue weighted by Gasteiger charge is -2.32. The number of anilines is 1. The molecule has 1 fully saturated rings. The fourth-order valence-electron chi connectivity index (χ4n) is 3.36. The normalized spacial score (nSPS) is 16.0. The van der Waals surface area contributed by atoms with Gasteiger partial charge in [0.05, 0.1) is 6.20 Å². The molecule has 2 aromatic heterocycles. The number of benzene rings is 1. The molecule has 1 aliphatic rings. The Labute approximate surface area is 147 Å². The van der Waals surface area contributed by atoms with Gasteiger partial charge in [0.2, 0.25) is 0 Å². The molecule has 1 aromatic carbocycles. The van der Waals surface area contributed by atoms with E-state index >= 15 is 0 Å². The molecule has 0 aliphatic carbocycles. The zero-order valence-corrected chi connectivity index (χ0v) is 14.8. The Morgan fingerprint density at radius 3 is 2.54 bits per heavy atom. The van der Waals surface area contributed by atoms with Crippen LogP contribution in [-0.4, -0.2) is 27.7 Å². The predicted molar refractivity (Wildman–Crippen MR) is 98.8 cm³/mol. The molecule has 3 aromatic rings. The minimum Gasteiger partial charge on any atom is -0.356 e. The van der Waals surface area contributed by atoms with Gasteiger partial charge < -0.3 is 4.90 Å². The third-order valence-electron chi connectivity index (χ3n) is 4.84. The van der Waals surface area contributed by atoms with E-state index in [0.29, 0.717) is 0 Å². The second-order valence-electron chi connectivity index (χ2n) is 6.73. The van der Waals surface area contributed by atoms with E-state index in [2.05, 4.69) is 29.9 Å². The van der Waals surface area contributed by atoms with E-state index in [9.17, 15) is 0 Å². The molecule has 4 nitrogen and oxygen atoms in total. The van der Waals surface area contributed by atoms with Gasteiger partial charge >= 0.3 is 0 Å². The standard InChI is InChI=1S/C19H21ClN4/c1-13-7-9-23(10-8-13)18-11-14(2)22-19-17(12-21-24(18)19)15-3-5-16(20)6-4-15/h3-6,11-13H,7-10H2,1-2H3. The average Bonchev–Trinajstić information content (AvgIpc) is 2.99. The van der Waals surface area contributed by atoms with Crippen molar-refractivity contribution in [1.82, 2.24) is 14.6 Å². The molecule has 0 bridgehead atoms. The van der Waals surface area contributed by atoms with Crippen molar-refractivity contribution >= 4 is 23.1 Å². The van der Waals surface area contributed by atoms with Crippen LogP contribution in [0.2, 0.25) is 5.02 Å². The van der Waals surface area contributed by atoms with Gasteiger partial charge in [0.25, 0.3) is 0 Å². The monoisotopic (exact) mass is 340 g/mol. The summed E-state index contributed by atoms with van der Waals surface area (Å²) in [6, 6.07) is 9.99. The fraction of sp³-hybridized carbons (Fsp3) is 0.368. The van der Waals surface area contributed by atoms with Crippen LogP contribution in [0.5, 0.6) is 0 Å². The van der Waals surface area contributed by atoms with Gasteiger partial charge in [0.1, 0.15) is 5.82 Å². The Balaban J connectivity index is 1.81. The molecule has 124 valence electrons. The maximum absolute atomic E-state index is 6.01. The summed E-state index contributed by atoms with van der Waals surface area (Å²) in [7, 11) is 0. The Hall–Kier alpha value is -2.07. The first-order chi connectivity index (χ1) is 11.6. The molecule has 0 saturated carbocycles. The molecular weight excluding hydrogens is 320 g/mol. The number of aryl methyl sites for hydroxylation is 1. The van der Waals surface area contributed by atoms with Crippen LogP contribution in [-0.2, 0) is 0 Å². The highest BCUT2D eigenvalue weighted by Crippen LogP contribution is 2.29. The van der Waals surface area contributed by atoms with E-state index in [1.807, 2.05) is 35.0 Å². The maximum Gasteiger partial charge on any atom is 0.165 e. The minimum atomic E-state index is 0.738. The topological polar surface area (TPSA) is 33.4 Å². The number of nitrogens with zero attached hydrogens (tertiary/aromatic N) is 4. The Morgan fingerprint density at radius 1 is 1.12 bits per heavy atom. The van der Waals surface area contributed by atoms with Crippen molar-refractivity contribution in [3.63, 3.8) is 0 Å². The molecule has 24 heavy (non-hydrogen) atoms. The van der Waals surface area contributed by atoms with E-state index in [1.165, 1.54) is 12.8 Å². The molecule has 1 aliphatic heterocycles. The first kappa shape index (κ1) is 15.5. The van der Waals surface area contributed by atoms with Crippen LogP contribution in [0.3, 0.4) is 0 Å². The molecule has 1 saturated heterocycles. The highest BCUT2D eigenvalue weighted by molar-refractivity contribution is 6.30. The summed E-state index contributed by atoms with van der Waals surface area (Å²) < 4.78 is 1.98. The third kappa shape index (κ3) is 2.75. The lowest BCUT2D eigenvalue weighted by Crippen LogP contribution is -2.34. The molecule has 3 heterocycles. The smallest absolute Gasteiger partial charge is 0.165 e. The van der Waals surface area contributed by atoms with E-state index in [1.54, 1.807) is 0 Å². The summed E-state index contributed by atoms with van der Waals surface area (Å²) in [4.78, 5) is 7.18. The summed E-state index contributed by atoms with van der Waals surface area (Å²) in [6.45, 7) is 6.54. The molecule has 0 radical (unpaired) electrons. The van der Waals surface area contributed by atoms with Gasteiger partial charge in [-0.1, -0.05) is 30.7 Å². The van der Waals surface area contributed by atoms with Gasteiger partial charge in [-0.15, -0.1) is 0 Å². The molecule has 0 amide bonds. The summed E-state index contributed by atoms with van der Waals surface area (Å²) >= 11 is 6.01. The zero-order valence-electron chi connectivity index (χ0n) is 14.0. The van der Waals surface area contributed by atoms with Gasteiger partial charge in [-0.25, -0.2) is 4.98 Å². The molecule has 0 unspecified atom stereocenters. The Kier molecular flexibility index (Phi) is 3.93. The molecule has 5 heteroatoms. The van der Waals surface area contributed by atoms with Crippen molar-refractivity contribution in [2.24, 2.45) is 5.92 Å². The van der Waals surface area contributed by atoms with Gasteiger partial charge in [-0.05, 0) is 43.4 Å². The first-order valence-electron chi connectivity index (χ1n) is 8.48. The lowest BCUT2D eigenvalue weighted by atomic mass is 9.99. The number of hydrogen-bond donors (Lipinski definition) is 0. The first-order valence-corrected chi connectivity index (χ1v) is 8.86. The molecule has 0 N–H and O–H groups in total. The number of rotatable bonds is 2.